The SMILES string of the molecule is CC(C)N1CCN(C(=O)c2ccc3c(ccn3C3CCN(CC#N)C3)c2)CC1. The Kier molecular flexibility index (Phi) is 5.38. The van der Waals surface area contributed by atoms with Gasteiger partial charge in [-0.15, -0.1) is 0 Å². The van der Waals surface area contributed by atoms with Crippen LogP contribution in [0, 0.1) is 11.3 Å². The van der Waals surface area contributed by atoms with E-state index in [9.17, 15) is 4.79 Å². The molecule has 2 fully saturated rings. The van der Waals surface area contributed by atoms with Gasteiger partial charge >= 0.3 is 0 Å². The van der Waals surface area contributed by atoms with E-state index in [2.05, 4.69) is 52.6 Å². The fraction of sp³-hybridized carbons (Fsp3) is 0.545. The van der Waals surface area contributed by atoms with Crippen molar-refractivity contribution in [1.29, 1.82) is 5.26 Å². The Morgan fingerprint density at radius 2 is 1.96 bits per heavy atom. The fourth-order valence-corrected chi connectivity index (χ4v) is 4.52. The second kappa shape index (κ2) is 7.94. The van der Waals surface area contributed by atoms with E-state index in [1.54, 1.807) is 0 Å². The number of likely N-dealkylation sites (tertiary alicyclic amines) is 1. The molecule has 2 aliphatic heterocycles. The van der Waals surface area contributed by atoms with Crippen LogP contribution in [0.15, 0.2) is 30.5 Å². The van der Waals surface area contributed by atoms with Gasteiger partial charge in [-0.2, -0.15) is 5.26 Å². The molecule has 0 spiro atoms. The number of rotatable bonds is 4. The van der Waals surface area contributed by atoms with Crippen LogP contribution in [0.1, 0.15) is 36.7 Å². The van der Waals surface area contributed by atoms with Gasteiger partial charge in [-0.05, 0) is 44.5 Å². The molecule has 1 aromatic carbocycles. The number of aromatic nitrogens is 1. The molecule has 148 valence electrons. The number of piperazine rings is 1. The first-order chi connectivity index (χ1) is 13.6. The Bertz CT molecular complexity index is 888. The standard InChI is InChI=1S/C22H29N5O/c1-17(2)25-11-13-26(14-12-25)22(28)19-3-4-21-18(15-19)5-9-27(21)20-6-8-24(16-20)10-7-23/h3-5,9,15,17,20H,6,8,10-14,16H2,1-2H3. The molecule has 0 N–H and O–H groups in total. The van der Waals surface area contributed by atoms with Gasteiger partial charge in [0.25, 0.3) is 5.91 Å². The second-order valence-electron chi connectivity index (χ2n) is 8.25. The van der Waals surface area contributed by atoms with Crippen molar-refractivity contribution in [3.05, 3.63) is 36.0 Å². The maximum Gasteiger partial charge on any atom is 0.253 e. The molecule has 0 aliphatic carbocycles. The van der Waals surface area contributed by atoms with Crippen molar-refractivity contribution in [3.63, 3.8) is 0 Å². The van der Waals surface area contributed by atoms with E-state index in [0.29, 0.717) is 18.6 Å². The van der Waals surface area contributed by atoms with E-state index in [0.717, 1.165) is 56.6 Å². The zero-order valence-electron chi connectivity index (χ0n) is 16.8. The first-order valence-corrected chi connectivity index (χ1v) is 10.3. The highest BCUT2D eigenvalue weighted by Gasteiger charge is 2.26. The molecule has 6 nitrogen and oxygen atoms in total. The van der Waals surface area contributed by atoms with Crippen LogP contribution in [0.3, 0.4) is 0 Å². The van der Waals surface area contributed by atoms with Gasteiger partial charge < -0.3 is 9.47 Å². The van der Waals surface area contributed by atoms with Crippen molar-refractivity contribution in [2.75, 3.05) is 45.8 Å². The van der Waals surface area contributed by atoms with Crippen LogP contribution in [0.5, 0.6) is 0 Å². The molecule has 2 aromatic rings. The average Bonchev–Trinajstić information content (AvgIpc) is 3.34. The third kappa shape index (κ3) is 3.65. The van der Waals surface area contributed by atoms with Gasteiger partial charge in [0, 0.05) is 74.0 Å². The molecular formula is C22H29N5O. The third-order valence-corrected chi connectivity index (χ3v) is 6.23. The Labute approximate surface area is 166 Å². The second-order valence-corrected chi connectivity index (χ2v) is 8.25. The molecule has 2 aliphatic rings. The maximum absolute atomic E-state index is 13.0. The number of benzene rings is 1. The topological polar surface area (TPSA) is 55.5 Å². The lowest BCUT2D eigenvalue weighted by Gasteiger charge is -2.37. The molecule has 0 radical (unpaired) electrons. The van der Waals surface area contributed by atoms with Crippen LogP contribution < -0.4 is 0 Å². The first-order valence-electron chi connectivity index (χ1n) is 10.3. The number of nitriles is 1. The molecule has 1 amide bonds. The van der Waals surface area contributed by atoms with Gasteiger partial charge in [-0.1, -0.05) is 0 Å². The summed E-state index contributed by atoms with van der Waals surface area (Å²) in [5.41, 5.74) is 1.95. The number of amides is 1. The molecule has 2 saturated heterocycles. The van der Waals surface area contributed by atoms with Gasteiger partial charge in [0.2, 0.25) is 0 Å². The molecule has 1 unspecified atom stereocenters. The Morgan fingerprint density at radius 3 is 2.68 bits per heavy atom. The van der Waals surface area contributed by atoms with E-state index in [4.69, 9.17) is 5.26 Å². The summed E-state index contributed by atoms with van der Waals surface area (Å²) < 4.78 is 2.31. The minimum Gasteiger partial charge on any atom is -0.343 e. The van der Waals surface area contributed by atoms with E-state index in [1.807, 2.05) is 17.0 Å². The van der Waals surface area contributed by atoms with Gasteiger partial charge in [-0.25, -0.2) is 0 Å². The van der Waals surface area contributed by atoms with Crippen molar-refractivity contribution < 1.29 is 4.79 Å². The average molecular weight is 380 g/mol. The van der Waals surface area contributed by atoms with Gasteiger partial charge in [0.1, 0.15) is 0 Å². The van der Waals surface area contributed by atoms with Crippen molar-refractivity contribution in [2.45, 2.75) is 32.4 Å². The summed E-state index contributed by atoms with van der Waals surface area (Å²) in [6, 6.07) is 11.4. The highest BCUT2D eigenvalue weighted by molar-refractivity contribution is 5.98. The quantitative estimate of drug-likeness (QED) is 0.766. The predicted molar refractivity (Wildman–Crippen MR) is 110 cm³/mol. The van der Waals surface area contributed by atoms with Gasteiger partial charge in [0.05, 0.1) is 12.6 Å². The van der Waals surface area contributed by atoms with Crippen LogP contribution in [0.2, 0.25) is 0 Å². The van der Waals surface area contributed by atoms with Crippen LogP contribution >= 0.6 is 0 Å². The number of hydrogen-bond donors (Lipinski definition) is 0. The molecule has 28 heavy (non-hydrogen) atoms. The van der Waals surface area contributed by atoms with Crippen molar-refractivity contribution >= 4 is 16.8 Å². The monoisotopic (exact) mass is 379 g/mol. The zero-order chi connectivity index (χ0) is 19.7. The molecule has 1 atom stereocenters. The van der Waals surface area contributed by atoms with Crippen molar-refractivity contribution in [2.24, 2.45) is 0 Å². The summed E-state index contributed by atoms with van der Waals surface area (Å²) in [5, 5.41) is 10.0. The lowest BCUT2D eigenvalue weighted by atomic mass is 10.1. The Morgan fingerprint density at radius 1 is 1.18 bits per heavy atom. The summed E-state index contributed by atoms with van der Waals surface area (Å²) in [5.74, 6) is 0.138. The zero-order valence-corrected chi connectivity index (χ0v) is 16.8. The van der Waals surface area contributed by atoms with Crippen LogP contribution in [-0.2, 0) is 0 Å². The highest BCUT2D eigenvalue weighted by atomic mass is 16.2. The largest absolute Gasteiger partial charge is 0.343 e. The molecule has 0 saturated carbocycles. The van der Waals surface area contributed by atoms with Crippen LogP contribution in [-0.4, -0.2) is 77.0 Å². The van der Waals surface area contributed by atoms with Gasteiger partial charge in [-0.3, -0.25) is 14.6 Å². The van der Waals surface area contributed by atoms with Crippen molar-refractivity contribution in [1.82, 2.24) is 19.3 Å². The number of fused-ring (bicyclic) bond motifs is 1. The van der Waals surface area contributed by atoms with E-state index < -0.39 is 0 Å². The molecule has 0 bridgehead atoms. The van der Waals surface area contributed by atoms with E-state index in [1.165, 1.54) is 5.52 Å². The fourth-order valence-electron chi connectivity index (χ4n) is 4.52. The summed E-state index contributed by atoms with van der Waals surface area (Å²) >= 11 is 0. The summed E-state index contributed by atoms with van der Waals surface area (Å²) in [7, 11) is 0. The first kappa shape index (κ1) is 19.0. The number of carbonyl (C=O) groups is 1. The van der Waals surface area contributed by atoms with Gasteiger partial charge in [0.15, 0.2) is 0 Å². The lowest BCUT2D eigenvalue weighted by molar-refractivity contribution is 0.0595. The predicted octanol–water partition coefficient (Wildman–Crippen LogP) is 2.58. The maximum atomic E-state index is 13.0. The third-order valence-electron chi connectivity index (χ3n) is 6.23. The number of carbonyl (C=O) groups excluding carboxylic acids is 1. The minimum atomic E-state index is 0.138. The molecular weight excluding hydrogens is 350 g/mol. The summed E-state index contributed by atoms with van der Waals surface area (Å²) in [6.45, 7) is 10.3. The normalized spacial score (nSPS) is 21.5. The van der Waals surface area contributed by atoms with Crippen LogP contribution in [0.25, 0.3) is 10.9 Å². The van der Waals surface area contributed by atoms with E-state index >= 15 is 0 Å². The Hall–Kier alpha value is -2.36. The molecule has 6 heteroatoms. The van der Waals surface area contributed by atoms with Crippen molar-refractivity contribution in [3.8, 4) is 6.07 Å². The summed E-state index contributed by atoms with van der Waals surface area (Å²) in [6.07, 6.45) is 3.19. The summed E-state index contributed by atoms with van der Waals surface area (Å²) in [4.78, 5) is 19.6. The minimum absolute atomic E-state index is 0.138. The number of nitrogens with zero attached hydrogens (tertiary/aromatic N) is 5. The smallest absolute Gasteiger partial charge is 0.253 e. The molecule has 4 rings (SSSR count). The highest BCUT2D eigenvalue weighted by Crippen LogP contribution is 2.28. The molecule has 1 aromatic heterocycles. The number of hydrogen-bond acceptors (Lipinski definition) is 4. The molecule has 3 heterocycles. The van der Waals surface area contributed by atoms with E-state index in [-0.39, 0.29) is 5.91 Å². The Balaban J connectivity index is 1.47. The lowest BCUT2D eigenvalue weighted by Crippen LogP contribution is -2.50. The van der Waals surface area contributed by atoms with Crippen LogP contribution in [0.4, 0.5) is 0 Å².